The van der Waals surface area contributed by atoms with E-state index < -0.39 is 14.8 Å². The Labute approximate surface area is 191 Å². The number of ether oxygens (including phenoxy) is 1. The summed E-state index contributed by atoms with van der Waals surface area (Å²) in [6.07, 6.45) is 0.0811. The maximum absolute atomic E-state index is 12.8. The third-order valence-electron chi connectivity index (χ3n) is 5.35. The number of nitrogens with zero attached hydrogens (tertiary/aromatic N) is 1. The molecule has 1 amide bonds. The molecule has 1 heterocycles. The van der Waals surface area contributed by atoms with Crippen molar-refractivity contribution < 1.29 is 17.9 Å². The van der Waals surface area contributed by atoms with E-state index in [2.05, 4.69) is 10.0 Å². The summed E-state index contributed by atoms with van der Waals surface area (Å²) in [5.74, 6) is 0.0202. The van der Waals surface area contributed by atoms with Gasteiger partial charge in [0.2, 0.25) is 10.0 Å². The first-order chi connectivity index (χ1) is 14.9. The molecule has 174 valence electrons. The van der Waals surface area contributed by atoms with Crippen molar-refractivity contribution in [2.45, 2.75) is 58.1 Å². The molecule has 7 nitrogen and oxygen atoms in total. The minimum absolute atomic E-state index is 0.0202. The van der Waals surface area contributed by atoms with E-state index in [4.69, 9.17) is 4.74 Å². The molecule has 2 atom stereocenters. The van der Waals surface area contributed by atoms with Gasteiger partial charge >= 0.3 is 0 Å². The van der Waals surface area contributed by atoms with Gasteiger partial charge in [0.05, 0.1) is 17.0 Å². The van der Waals surface area contributed by atoms with Crippen LogP contribution in [-0.2, 0) is 21.3 Å². The summed E-state index contributed by atoms with van der Waals surface area (Å²) in [4.78, 5) is 14.6. The highest BCUT2D eigenvalue weighted by Crippen LogP contribution is 2.21. The Morgan fingerprint density at radius 3 is 2.03 bits per heavy atom. The van der Waals surface area contributed by atoms with Crippen LogP contribution in [0.5, 0.6) is 0 Å². The Kier molecular flexibility index (Phi) is 7.15. The largest absolute Gasteiger partial charge is 0.381 e. The number of sulfonamides is 1. The van der Waals surface area contributed by atoms with Gasteiger partial charge in [0.15, 0.2) is 0 Å². The number of anilines is 2. The lowest BCUT2D eigenvalue weighted by Crippen LogP contribution is -2.48. The molecule has 0 aliphatic carbocycles. The lowest BCUT2D eigenvalue weighted by atomic mass is 10.1. The first kappa shape index (κ1) is 24.1. The van der Waals surface area contributed by atoms with Gasteiger partial charge in [0, 0.05) is 36.6 Å². The highest BCUT2D eigenvalue weighted by molar-refractivity contribution is 7.94. The molecule has 1 aliphatic rings. The van der Waals surface area contributed by atoms with Crippen LogP contribution in [0.1, 0.15) is 50.5 Å². The molecule has 2 aromatic rings. The van der Waals surface area contributed by atoms with Gasteiger partial charge in [0.25, 0.3) is 5.91 Å². The molecule has 0 bridgehead atoms. The Bertz CT molecular complexity index is 1020. The van der Waals surface area contributed by atoms with E-state index in [0.717, 1.165) is 11.3 Å². The number of nitrogens with one attached hydrogen (secondary N) is 2. The van der Waals surface area contributed by atoms with Gasteiger partial charge < -0.3 is 15.0 Å². The summed E-state index contributed by atoms with van der Waals surface area (Å²) >= 11 is 0. The van der Waals surface area contributed by atoms with Gasteiger partial charge in [-0.2, -0.15) is 0 Å². The van der Waals surface area contributed by atoms with E-state index in [9.17, 15) is 13.2 Å². The minimum atomic E-state index is -3.45. The summed E-state index contributed by atoms with van der Waals surface area (Å²) < 4.78 is 32.0. The van der Waals surface area contributed by atoms with Crippen molar-refractivity contribution in [2.24, 2.45) is 0 Å². The Balaban J connectivity index is 1.56. The lowest BCUT2D eigenvalue weighted by molar-refractivity contribution is -0.0586. The van der Waals surface area contributed by atoms with Crippen LogP contribution in [-0.4, -0.2) is 49.3 Å². The number of morpholine rings is 1. The summed E-state index contributed by atoms with van der Waals surface area (Å²) in [6, 6.07) is 14.7. The standard InChI is InChI=1S/C24H33N3O4S/c1-17-15-27(16-18(2)31-17)23(28)20-8-12-21(13-9-20)25-14-19-6-10-22(11-7-19)26-32(29,30)24(3,4)5/h6-13,17-18,25-26H,14-16H2,1-5H3. The van der Waals surface area contributed by atoms with Crippen LogP contribution in [0.25, 0.3) is 0 Å². The van der Waals surface area contributed by atoms with Gasteiger partial charge in [-0.3, -0.25) is 9.52 Å². The molecule has 2 N–H and O–H groups in total. The van der Waals surface area contributed by atoms with Gasteiger partial charge in [-0.05, 0) is 76.6 Å². The fourth-order valence-electron chi connectivity index (χ4n) is 3.46. The number of carbonyl (C=O) groups excluding carboxylic acids is 1. The summed E-state index contributed by atoms with van der Waals surface area (Å²) in [5, 5.41) is 3.33. The van der Waals surface area contributed by atoms with E-state index >= 15 is 0 Å². The quantitative estimate of drug-likeness (QED) is 0.679. The van der Waals surface area contributed by atoms with E-state index in [1.807, 2.05) is 55.1 Å². The molecule has 3 rings (SSSR count). The fourth-order valence-corrected chi connectivity index (χ4v) is 4.21. The number of benzene rings is 2. The van der Waals surface area contributed by atoms with E-state index in [-0.39, 0.29) is 18.1 Å². The molecular formula is C24H33N3O4S. The summed E-state index contributed by atoms with van der Waals surface area (Å²) in [7, 11) is -3.45. The van der Waals surface area contributed by atoms with Gasteiger partial charge in [0.1, 0.15) is 0 Å². The minimum Gasteiger partial charge on any atom is -0.381 e. The second-order valence-corrected chi connectivity index (χ2v) is 11.7. The van der Waals surface area contributed by atoms with Gasteiger partial charge in [-0.25, -0.2) is 8.42 Å². The molecule has 0 spiro atoms. The summed E-state index contributed by atoms with van der Waals surface area (Å²) in [6.45, 7) is 10.7. The zero-order valence-electron chi connectivity index (χ0n) is 19.4. The first-order valence-electron chi connectivity index (χ1n) is 10.8. The van der Waals surface area contributed by atoms with Crippen molar-refractivity contribution in [3.8, 4) is 0 Å². The van der Waals surface area contributed by atoms with Crippen LogP contribution in [0.15, 0.2) is 48.5 Å². The second-order valence-electron chi connectivity index (χ2n) is 9.31. The number of rotatable bonds is 6. The Morgan fingerprint density at radius 1 is 0.969 bits per heavy atom. The average molecular weight is 460 g/mol. The molecular weight excluding hydrogens is 426 g/mol. The maximum Gasteiger partial charge on any atom is 0.254 e. The van der Waals surface area contributed by atoms with Crippen molar-refractivity contribution in [1.29, 1.82) is 0 Å². The lowest BCUT2D eigenvalue weighted by Gasteiger charge is -2.35. The van der Waals surface area contributed by atoms with Crippen LogP contribution in [0.4, 0.5) is 11.4 Å². The number of hydrogen-bond donors (Lipinski definition) is 2. The monoisotopic (exact) mass is 459 g/mol. The van der Waals surface area contributed by atoms with Crippen molar-refractivity contribution in [3.05, 3.63) is 59.7 Å². The van der Waals surface area contributed by atoms with Gasteiger partial charge in [-0.1, -0.05) is 12.1 Å². The first-order valence-corrected chi connectivity index (χ1v) is 12.3. The third-order valence-corrected chi connectivity index (χ3v) is 7.46. The fraction of sp³-hybridized carbons (Fsp3) is 0.458. The highest BCUT2D eigenvalue weighted by Gasteiger charge is 2.29. The predicted octanol–water partition coefficient (Wildman–Crippen LogP) is 4.09. The smallest absolute Gasteiger partial charge is 0.254 e. The summed E-state index contributed by atoms with van der Waals surface area (Å²) in [5.41, 5.74) is 3.12. The molecule has 8 heteroatoms. The van der Waals surface area contributed by atoms with Gasteiger partial charge in [-0.15, -0.1) is 0 Å². The molecule has 1 saturated heterocycles. The highest BCUT2D eigenvalue weighted by atomic mass is 32.2. The molecule has 1 aliphatic heterocycles. The van der Waals surface area contributed by atoms with E-state index in [1.54, 1.807) is 32.9 Å². The van der Waals surface area contributed by atoms with Crippen molar-refractivity contribution >= 4 is 27.3 Å². The predicted molar refractivity (Wildman–Crippen MR) is 128 cm³/mol. The molecule has 0 saturated carbocycles. The maximum atomic E-state index is 12.8. The molecule has 2 aromatic carbocycles. The van der Waals surface area contributed by atoms with Crippen LogP contribution < -0.4 is 10.0 Å². The molecule has 1 fully saturated rings. The van der Waals surface area contributed by atoms with Crippen LogP contribution >= 0.6 is 0 Å². The molecule has 0 aromatic heterocycles. The van der Waals surface area contributed by atoms with Crippen LogP contribution in [0.3, 0.4) is 0 Å². The zero-order chi connectivity index (χ0) is 23.5. The topological polar surface area (TPSA) is 87.7 Å². The van der Waals surface area contributed by atoms with Crippen molar-refractivity contribution in [3.63, 3.8) is 0 Å². The van der Waals surface area contributed by atoms with E-state index in [1.165, 1.54) is 0 Å². The SMILES string of the molecule is CC1CN(C(=O)c2ccc(NCc3ccc(NS(=O)(=O)C(C)(C)C)cc3)cc2)CC(C)O1. The molecule has 32 heavy (non-hydrogen) atoms. The molecule has 2 unspecified atom stereocenters. The second kappa shape index (κ2) is 9.50. The van der Waals surface area contributed by atoms with Crippen molar-refractivity contribution in [2.75, 3.05) is 23.1 Å². The Morgan fingerprint density at radius 2 is 1.50 bits per heavy atom. The van der Waals surface area contributed by atoms with Crippen LogP contribution in [0.2, 0.25) is 0 Å². The van der Waals surface area contributed by atoms with Crippen LogP contribution in [0, 0.1) is 0 Å². The number of amides is 1. The average Bonchev–Trinajstić information content (AvgIpc) is 2.71. The van der Waals surface area contributed by atoms with E-state index in [0.29, 0.717) is 30.9 Å². The normalized spacial score (nSPS) is 19.5. The Hall–Kier alpha value is -2.58. The number of carbonyl (C=O) groups is 1. The molecule has 0 radical (unpaired) electrons. The zero-order valence-corrected chi connectivity index (χ0v) is 20.2. The third kappa shape index (κ3) is 6.01. The van der Waals surface area contributed by atoms with Crippen molar-refractivity contribution in [1.82, 2.24) is 4.90 Å². The number of hydrogen-bond acceptors (Lipinski definition) is 5.